The van der Waals surface area contributed by atoms with Crippen molar-refractivity contribution in [3.8, 4) is 0 Å². The molecule has 2 heterocycles. The summed E-state index contributed by atoms with van der Waals surface area (Å²) >= 11 is 1.61. The van der Waals surface area contributed by atoms with Crippen LogP contribution in [0.3, 0.4) is 0 Å². The van der Waals surface area contributed by atoms with Crippen LogP contribution in [-0.2, 0) is 16.1 Å². The van der Waals surface area contributed by atoms with Crippen molar-refractivity contribution in [2.75, 3.05) is 13.2 Å². The maximum atomic E-state index is 12.1. The van der Waals surface area contributed by atoms with E-state index in [2.05, 4.69) is 10.3 Å². The van der Waals surface area contributed by atoms with Gasteiger partial charge in [0.25, 0.3) is 0 Å². The number of amides is 1. The number of nitrogens with two attached hydrogens (primary N) is 1. The molecule has 1 fully saturated rings. The SMILES string of the molecule is Cc1nc(C)c(CNC(=O)C2(N)CCOCC2)s1. The van der Waals surface area contributed by atoms with E-state index in [9.17, 15) is 4.79 Å². The van der Waals surface area contributed by atoms with Crippen LogP contribution in [0.25, 0.3) is 0 Å². The maximum Gasteiger partial charge on any atom is 0.240 e. The van der Waals surface area contributed by atoms with Crippen molar-refractivity contribution in [2.45, 2.75) is 38.8 Å². The number of ether oxygens (including phenoxy) is 1. The summed E-state index contributed by atoms with van der Waals surface area (Å²) in [7, 11) is 0. The van der Waals surface area contributed by atoms with E-state index >= 15 is 0 Å². The zero-order valence-electron chi connectivity index (χ0n) is 10.8. The number of carbonyl (C=O) groups excluding carboxylic acids is 1. The molecule has 1 aliphatic heterocycles. The molecule has 2 rings (SSSR count). The number of carbonyl (C=O) groups is 1. The number of thiazole rings is 1. The number of hydrogen-bond donors (Lipinski definition) is 2. The predicted octanol–water partition coefficient (Wildman–Crippen LogP) is 0.884. The van der Waals surface area contributed by atoms with Crippen molar-refractivity contribution in [1.29, 1.82) is 0 Å². The third kappa shape index (κ3) is 2.88. The molecule has 0 spiro atoms. The topological polar surface area (TPSA) is 77.2 Å². The lowest BCUT2D eigenvalue weighted by Gasteiger charge is -2.31. The Morgan fingerprint density at radius 1 is 1.50 bits per heavy atom. The van der Waals surface area contributed by atoms with Gasteiger partial charge in [0.1, 0.15) is 0 Å². The Hall–Kier alpha value is -0.980. The van der Waals surface area contributed by atoms with Crippen LogP contribution in [0.2, 0.25) is 0 Å². The molecule has 0 radical (unpaired) electrons. The number of rotatable bonds is 3. The minimum atomic E-state index is -0.772. The van der Waals surface area contributed by atoms with Crippen molar-refractivity contribution in [3.05, 3.63) is 15.6 Å². The molecule has 0 saturated carbocycles. The van der Waals surface area contributed by atoms with Gasteiger partial charge in [0, 0.05) is 18.1 Å². The lowest BCUT2D eigenvalue weighted by molar-refractivity contribution is -0.129. The van der Waals surface area contributed by atoms with E-state index in [4.69, 9.17) is 10.5 Å². The molecule has 1 aromatic rings. The zero-order valence-corrected chi connectivity index (χ0v) is 11.6. The van der Waals surface area contributed by atoms with Crippen LogP contribution in [0.4, 0.5) is 0 Å². The summed E-state index contributed by atoms with van der Waals surface area (Å²) in [5.41, 5.74) is 6.32. The molecule has 0 aromatic carbocycles. The maximum absolute atomic E-state index is 12.1. The standard InChI is InChI=1S/C12H19N3O2S/c1-8-10(18-9(2)15-8)7-14-11(16)12(13)3-5-17-6-4-12/h3-7,13H2,1-2H3,(H,14,16). The van der Waals surface area contributed by atoms with Crippen LogP contribution in [0.15, 0.2) is 0 Å². The molecule has 0 bridgehead atoms. The fourth-order valence-electron chi connectivity index (χ4n) is 2.04. The van der Waals surface area contributed by atoms with E-state index in [0.717, 1.165) is 15.6 Å². The summed E-state index contributed by atoms with van der Waals surface area (Å²) in [5, 5.41) is 3.93. The molecule has 6 heteroatoms. The van der Waals surface area contributed by atoms with Crippen LogP contribution < -0.4 is 11.1 Å². The molecule has 1 saturated heterocycles. The molecule has 1 aliphatic rings. The van der Waals surface area contributed by atoms with E-state index in [-0.39, 0.29) is 5.91 Å². The van der Waals surface area contributed by atoms with Crippen molar-refractivity contribution >= 4 is 17.2 Å². The minimum Gasteiger partial charge on any atom is -0.381 e. The molecular formula is C12H19N3O2S. The number of aryl methyl sites for hydroxylation is 2. The first kappa shape index (κ1) is 13.5. The van der Waals surface area contributed by atoms with Gasteiger partial charge in [-0.3, -0.25) is 4.79 Å². The summed E-state index contributed by atoms with van der Waals surface area (Å²) in [6, 6.07) is 0. The largest absolute Gasteiger partial charge is 0.381 e. The van der Waals surface area contributed by atoms with Crippen LogP contribution in [0.5, 0.6) is 0 Å². The van der Waals surface area contributed by atoms with E-state index in [0.29, 0.717) is 32.6 Å². The smallest absolute Gasteiger partial charge is 0.240 e. The molecule has 1 aromatic heterocycles. The quantitative estimate of drug-likeness (QED) is 0.854. The summed E-state index contributed by atoms with van der Waals surface area (Å²) in [6.07, 6.45) is 1.17. The van der Waals surface area contributed by atoms with Crippen LogP contribution in [-0.4, -0.2) is 29.6 Å². The van der Waals surface area contributed by atoms with Gasteiger partial charge in [-0.15, -0.1) is 11.3 Å². The number of hydrogen-bond acceptors (Lipinski definition) is 5. The van der Waals surface area contributed by atoms with Crippen molar-refractivity contribution in [1.82, 2.24) is 10.3 Å². The van der Waals surface area contributed by atoms with Gasteiger partial charge in [-0.1, -0.05) is 0 Å². The summed E-state index contributed by atoms with van der Waals surface area (Å²) in [5.74, 6) is -0.0868. The molecule has 0 atom stereocenters. The number of nitrogens with one attached hydrogen (secondary N) is 1. The number of nitrogens with zero attached hydrogens (tertiary/aromatic N) is 1. The Bertz CT molecular complexity index is 439. The van der Waals surface area contributed by atoms with Gasteiger partial charge in [-0.2, -0.15) is 0 Å². The van der Waals surface area contributed by atoms with E-state index in [1.54, 1.807) is 11.3 Å². The van der Waals surface area contributed by atoms with Crippen molar-refractivity contribution in [3.63, 3.8) is 0 Å². The fraction of sp³-hybridized carbons (Fsp3) is 0.667. The van der Waals surface area contributed by atoms with Crippen molar-refractivity contribution < 1.29 is 9.53 Å². The van der Waals surface area contributed by atoms with Gasteiger partial charge in [-0.05, 0) is 26.7 Å². The molecule has 0 aliphatic carbocycles. The first-order valence-electron chi connectivity index (χ1n) is 6.09. The highest BCUT2D eigenvalue weighted by Crippen LogP contribution is 2.20. The highest BCUT2D eigenvalue weighted by atomic mass is 32.1. The highest BCUT2D eigenvalue weighted by Gasteiger charge is 2.35. The average molecular weight is 269 g/mol. The van der Waals surface area contributed by atoms with Gasteiger partial charge in [0.15, 0.2) is 0 Å². The average Bonchev–Trinajstić information content (AvgIpc) is 2.65. The van der Waals surface area contributed by atoms with E-state index in [1.165, 1.54) is 0 Å². The first-order chi connectivity index (χ1) is 8.51. The van der Waals surface area contributed by atoms with E-state index < -0.39 is 5.54 Å². The Morgan fingerprint density at radius 3 is 2.72 bits per heavy atom. The van der Waals surface area contributed by atoms with Crippen LogP contribution in [0, 0.1) is 13.8 Å². The van der Waals surface area contributed by atoms with Crippen LogP contribution >= 0.6 is 11.3 Å². The Labute approximate surface area is 111 Å². The monoisotopic (exact) mass is 269 g/mol. The van der Waals surface area contributed by atoms with Crippen LogP contribution in [0.1, 0.15) is 28.4 Å². The minimum absolute atomic E-state index is 0.0868. The second-order valence-corrected chi connectivity index (χ2v) is 5.98. The fourth-order valence-corrected chi connectivity index (χ4v) is 2.91. The third-order valence-corrected chi connectivity index (χ3v) is 4.32. The second-order valence-electron chi connectivity index (χ2n) is 4.69. The van der Waals surface area contributed by atoms with Gasteiger partial charge in [0.05, 0.1) is 22.8 Å². The van der Waals surface area contributed by atoms with Gasteiger partial charge in [0.2, 0.25) is 5.91 Å². The molecule has 1 amide bonds. The zero-order chi connectivity index (χ0) is 13.2. The molecule has 0 unspecified atom stereocenters. The molecular weight excluding hydrogens is 250 g/mol. The Balaban J connectivity index is 1.93. The summed E-state index contributed by atoms with van der Waals surface area (Å²) in [6.45, 7) is 5.55. The van der Waals surface area contributed by atoms with Crippen molar-refractivity contribution in [2.24, 2.45) is 5.73 Å². The van der Waals surface area contributed by atoms with Gasteiger partial charge >= 0.3 is 0 Å². The lowest BCUT2D eigenvalue weighted by Crippen LogP contribution is -2.56. The summed E-state index contributed by atoms with van der Waals surface area (Å²) < 4.78 is 5.23. The first-order valence-corrected chi connectivity index (χ1v) is 6.91. The van der Waals surface area contributed by atoms with Gasteiger partial charge < -0.3 is 15.8 Å². The predicted molar refractivity (Wildman–Crippen MR) is 70.4 cm³/mol. The normalized spacial score (nSPS) is 18.6. The number of aromatic nitrogens is 1. The highest BCUT2D eigenvalue weighted by molar-refractivity contribution is 7.11. The third-order valence-electron chi connectivity index (χ3n) is 3.25. The lowest BCUT2D eigenvalue weighted by atomic mass is 9.90. The van der Waals surface area contributed by atoms with Gasteiger partial charge in [-0.25, -0.2) is 4.98 Å². The Morgan fingerprint density at radius 2 is 2.17 bits per heavy atom. The summed E-state index contributed by atoms with van der Waals surface area (Å²) in [4.78, 5) is 17.5. The molecule has 5 nitrogen and oxygen atoms in total. The molecule has 100 valence electrons. The molecule has 3 N–H and O–H groups in total. The van der Waals surface area contributed by atoms with E-state index in [1.807, 2.05) is 13.8 Å². The second kappa shape index (κ2) is 5.34. The molecule has 18 heavy (non-hydrogen) atoms. The Kier molecular flexibility index (Phi) is 3.99.